The van der Waals surface area contributed by atoms with Gasteiger partial charge in [-0.25, -0.2) is 18.4 Å². The smallest absolute Gasteiger partial charge is 0.269 e. The normalized spacial score (nSPS) is 11.5. The molecular formula is C19H15N5O4S. The Morgan fingerprint density at radius 2 is 1.69 bits per heavy atom. The Morgan fingerprint density at radius 3 is 2.34 bits per heavy atom. The third kappa shape index (κ3) is 3.78. The van der Waals surface area contributed by atoms with Crippen LogP contribution in [0.3, 0.4) is 0 Å². The highest BCUT2D eigenvalue weighted by Crippen LogP contribution is 2.23. The summed E-state index contributed by atoms with van der Waals surface area (Å²) in [7, 11) is -3.86. The van der Waals surface area contributed by atoms with E-state index in [2.05, 4.69) is 14.7 Å². The van der Waals surface area contributed by atoms with E-state index >= 15 is 0 Å². The van der Waals surface area contributed by atoms with E-state index in [0.717, 1.165) is 23.4 Å². The van der Waals surface area contributed by atoms with Crippen LogP contribution in [0.2, 0.25) is 0 Å². The Morgan fingerprint density at radius 1 is 1.00 bits per heavy atom. The minimum Gasteiger partial charge on any atom is -0.291 e. The van der Waals surface area contributed by atoms with E-state index in [0.29, 0.717) is 17.2 Å². The van der Waals surface area contributed by atoms with Crippen LogP contribution in [0.15, 0.2) is 71.9 Å². The summed E-state index contributed by atoms with van der Waals surface area (Å²) in [5.74, 6) is 0.586. The van der Waals surface area contributed by atoms with Crippen LogP contribution in [0.1, 0.15) is 5.69 Å². The minimum absolute atomic E-state index is 0.0611. The molecule has 0 aliphatic heterocycles. The fourth-order valence-electron chi connectivity index (χ4n) is 2.77. The zero-order valence-corrected chi connectivity index (χ0v) is 16.0. The van der Waals surface area contributed by atoms with Crippen molar-refractivity contribution in [3.05, 3.63) is 82.8 Å². The maximum atomic E-state index is 12.5. The summed E-state index contributed by atoms with van der Waals surface area (Å²) in [4.78, 5) is 18.9. The molecule has 2 aromatic carbocycles. The van der Waals surface area contributed by atoms with Gasteiger partial charge in [0.1, 0.15) is 0 Å². The number of hydrogen-bond donors (Lipinski definition) is 1. The highest BCUT2D eigenvalue weighted by atomic mass is 32.2. The van der Waals surface area contributed by atoms with Crippen molar-refractivity contribution in [2.45, 2.75) is 11.8 Å². The van der Waals surface area contributed by atoms with Gasteiger partial charge in [-0.1, -0.05) is 12.1 Å². The Hall–Kier alpha value is -3.79. The second-order valence-electron chi connectivity index (χ2n) is 6.34. The molecule has 0 aliphatic carbocycles. The number of fused-ring (bicyclic) bond motifs is 1. The van der Waals surface area contributed by atoms with Crippen LogP contribution in [0, 0.1) is 17.0 Å². The number of imidazole rings is 1. The molecule has 0 amide bonds. The number of rotatable bonds is 5. The van der Waals surface area contributed by atoms with Gasteiger partial charge in [-0.05, 0) is 37.3 Å². The highest BCUT2D eigenvalue weighted by Gasteiger charge is 2.16. The van der Waals surface area contributed by atoms with Gasteiger partial charge in [0.25, 0.3) is 15.7 Å². The van der Waals surface area contributed by atoms with Gasteiger partial charge in [-0.2, -0.15) is 0 Å². The number of nitrogens with one attached hydrogen (secondary N) is 1. The average Bonchev–Trinajstić information content (AvgIpc) is 3.11. The number of aryl methyl sites for hydroxylation is 1. The molecule has 2 heterocycles. The maximum absolute atomic E-state index is 12.5. The molecule has 9 nitrogen and oxygen atoms in total. The number of non-ortho nitro benzene ring substituents is 1. The van der Waals surface area contributed by atoms with Gasteiger partial charge < -0.3 is 0 Å². The largest absolute Gasteiger partial charge is 0.291 e. The first-order chi connectivity index (χ1) is 13.8. The number of nitrogens with zero attached hydrogens (tertiary/aromatic N) is 4. The van der Waals surface area contributed by atoms with Crippen molar-refractivity contribution in [2.75, 3.05) is 4.72 Å². The fourth-order valence-corrected chi connectivity index (χ4v) is 3.83. The lowest BCUT2D eigenvalue weighted by Gasteiger charge is -2.08. The minimum atomic E-state index is -3.86. The summed E-state index contributed by atoms with van der Waals surface area (Å²) in [6.45, 7) is 1.89. The SMILES string of the molecule is Cc1ccn2cc(-c3ccc(NS(=O)(=O)c4ccc([N+](=O)[O-])cc4)cc3)nc2n1. The van der Waals surface area contributed by atoms with Crippen molar-refractivity contribution in [1.29, 1.82) is 0 Å². The van der Waals surface area contributed by atoms with Crippen molar-refractivity contribution in [3.63, 3.8) is 0 Å². The number of sulfonamides is 1. The van der Waals surface area contributed by atoms with Gasteiger partial charge in [0.15, 0.2) is 0 Å². The molecule has 146 valence electrons. The quantitative estimate of drug-likeness (QED) is 0.398. The van der Waals surface area contributed by atoms with Crippen molar-refractivity contribution < 1.29 is 13.3 Å². The Bertz CT molecular complexity index is 1310. The molecular weight excluding hydrogens is 394 g/mol. The summed E-state index contributed by atoms with van der Waals surface area (Å²) < 4.78 is 29.2. The van der Waals surface area contributed by atoms with Gasteiger partial charge in [-0.3, -0.25) is 19.2 Å². The Balaban J connectivity index is 1.56. The molecule has 0 unspecified atom stereocenters. The molecule has 0 atom stereocenters. The van der Waals surface area contributed by atoms with E-state index in [1.54, 1.807) is 24.3 Å². The summed E-state index contributed by atoms with van der Waals surface area (Å²) in [5, 5.41) is 10.7. The molecule has 0 saturated carbocycles. The fraction of sp³-hybridized carbons (Fsp3) is 0.0526. The van der Waals surface area contributed by atoms with E-state index in [1.807, 2.05) is 29.8 Å². The topological polar surface area (TPSA) is 120 Å². The number of aromatic nitrogens is 3. The number of anilines is 1. The van der Waals surface area contributed by atoms with Crippen molar-refractivity contribution in [2.24, 2.45) is 0 Å². The van der Waals surface area contributed by atoms with Crippen LogP contribution in [-0.4, -0.2) is 27.7 Å². The number of nitro benzene ring substituents is 1. The van der Waals surface area contributed by atoms with E-state index in [-0.39, 0.29) is 10.6 Å². The van der Waals surface area contributed by atoms with Crippen molar-refractivity contribution >= 4 is 27.2 Å². The van der Waals surface area contributed by atoms with Gasteiger partial charge in [0, 0.05) is 41.5 Å². The summed E-state index contributed by atoms with van der Waals surface area (Å²) in [6.07, 6.45) is 3.72. The lowest BCUT2D eigenvalue weighted by Crippen LogP contribution is -2.12. The van der Waals surface area contributed by atoms with Crippen LogP contribution in [-0.2, 0) is 10.0 Å². The van der Waals surface area contributed by atoms with Crippen molar-refractivity contribution in [3.8, 4) is 11.3 Å². The van der Waals surface area contributed by atoms with Crippen molar-refractivity contribution in [1.82, 2.24) is 14.4 Å². The molecule has 10 heteroatoms. The predicted molar refractivity (Wildman–Crippen MR) is 107 cm³/mol. The second-order valence-corrected chi connectivity index (χ2v) is 8.02. The standard InChI is InChI=1S/C19H15N5O4S/c1-13-10-11-23-12-18(21-19(23)20-13)14-2-4-15(5-3-14)22-29(27,28)17-8-6-16(7-9-17)24(25)26/h2-12,22H,1H3. The van der Waals surface area contributed by atoms with Crippen LogP contribution in [0.5, 0.6) is 0 Å². The van der Waals surface area contributed by atoms with Gasteiger partial charge in [-0.15, -0.1) is 0 Å². The second kappa shape index (κ2) is 6.99. The van der Waals surface area contributed by atoms with Crippen LogP contribution >= 0.6 is 0 Å². The molecule has 0 saturated heterocycles. The summed E-state index contributed by atoms with van der Waals surface area (Å²) >= 11 is 0. The van der Waals surface area contributed by atoms with E-state index in [9.17, 15) is 18.5 Å². The maximum Gasteiger partial charge on any atom is 0.269 e. The van der Waals surface area contributed by atoms with Crippen LogP contribution in [0.4, 0.5) is 11.4 Å². The number of hydrogen-bond acceptors (Lipinski definition) is 6. The number of benzene rings is 2. The Labute approximate surface area is 165 Å². The van der Waals surface area contributed by atoms with Crippen LogP contribution < -0.4 is 4.72 Å². The molecule has 2 aromatic heterocycles. The van der Waals surface area contributed by atoms with Gasteiger partial charge >= 0.3 is 0 Å². The average molecular weight is 409 g/mol. The van der Waals surface area contributed by atoms with Gasteiger partial charge in [0.05, 0.1) is 15.5 Å². The monoisotopic (exact) mass is 409 g/mol. The predicted octanol–water partition coefficient (Wildman–Crippen LogP) is 3.41. The first-order valence-electron chi connectivity index (χ1n) is 8.52. The van der Waals surface area contributed by atoms with E-state index < -0.39 is 14.9 Å². The molecule has 4 rings (SSSR count). The summed E-state index contributed by atoms with van der Waals surface area (Å²) in [5.41, 5.74) is 2.58. The third-order valence-electron chi connectivity index (χ3n) is 4.26. The first-order valence-corrected chi connectivity index (χ1v) is 10.0. The molecule has 0 spiro atoms. The molecule has 0 radical (unpaired) electrons. The third-order valence-corrected chi connectivity index (χ3v) is 5.65. The number of nitro groups is 1. The highest BCUT2D eigenvalue weighted by molar-refractivity contribution is 7.92. The molecule has 4 aromatic rings. The molecule has 29 heavy (non-hydrogen) atoms. The molecule has 1 N–H and O–H groups in total. The first kappa shape index (κ1) is 18.6. The van der Waals surface area contributed by atoms with Crippen LogP contribution in [0.25, 0.3) is 17.0 Å². The zero-order valence-electron chi connectivity index (χ0n) is 15.2. The molecule has 0 bridgehead atoms. The zero-order chi connectivity index (χ0) is 20.6. The van der Waals surface area contributed by atoms with E-state index in [4.69, 9.17) is 0 Å². The lowest BCUT2D eigenvalue weighted by molar-refractivity contribution is -0.384. The van der Waals surface area contributed by atoms with Gasteiger partial charge in [0.2, 0.25) is 5.78 Å². The Kier molecular flexibility index (Phi) is 4.47. The molecule has 0 fully saturated rings. The molecule has 0 aliphatic rings. The lowest BCUT2D eigenvalue weighted by atomic mass is 10.1. The van der Waals surface area contributed by atoms with E-state index in [1.165, 1.54) is 12.1 Å². The summed E-state index contributed by atoms with van der Waals surface area (Å²) in [6, 6.07) is 13.3.